The van der Waals surface area contributed by atoms with Crippen LogP contribution < -0.4 is 0 Å². The van der Waals surface area contributed by atoms with Crippen LogP contribution in [-0.2, 0) is 0 Å². The third kappa shape index (κ3) is 6.11. The summed E-state index contributed by atoms with van der Waals surface area (Å²) in [6.45, 7) is 15.4. The minimum Gasteiger partial charge on any atom is -0.269 e. The van der Waals surface area contributed by atoms with E-state index in [4.69, 9.17) is 0 Å². The zero-order chi connectivity index (χ0) is 17.9. The molecule has 1 aromatic carbocycles. The van der Waals surface area contributed by atoms with E-state index in [9.17, 15) is 0 Å². The Hall–Kier alpha value is -1.63. The molecule has 1 heteroatoms. The van der Waals surface area contributed by atoms with E-state index in [1.807, 2.05) is 19.3 Å². The van der Waals surface area contributed by atoms with Gasteiger partial charge < -0.3 is 0 Å². The standard InChI is InChI=1S/C23H35N/c1-7-12-21(13-8-2)18(4)16-19(5)22-14-10-11-15-23(22)20(6)17-24-9-3/h9-11,14-15,17,19,21H,4,7-8,12-13,16H2,1-3,5-6H3/b20-17+,24-9-. The topological polar surface area (TPSA) is 12.4 Å². The molecule has 1 aromatic rings. The van der Waals surface area contributed by atoms with Gasteiger partial charge in [0.05, 0.1) is 0 Å². The fourth-order valence-corrected chi connectivity index (χ4v) is 3.46. The summed E-state index contributed by atoms with van der Waals surface area (Å²) in [6, 6.07) is 8.73. The van der Waals surface area contributed by atoms with Crippen LogP contribution in [0.15, 0.2) is 47.6 Å². The Morgan fingerprint density at radius 2 is 1.79 bits per heavy atom. The van der Waals surface area contributed by atoms with E-state index in [1.165, 1.54) is 48.0 Å². The molecule has 0 aliphatic rings. The van der Waals surface area contributed by atoms with Crippen LogP contribution in [0.25, 0.3) is 5.57 Å². The van der Waals surface area contributed by atoms with Crippen molar-refractivity contribution in [2.24, 2.45) is 10.9 Å². The fraction of sp³-hybridized carbons (Fsp3) is 0.522. The minimum absolute atomic E-state index is 0.485. The molecule has 0 saturated carbocycles. The van der Waals surface area contributed by atoms with Crippen molar-refractivity contribution in [2.75, 3.05) is 0 Å². The predicted octanol–water partition coefficient (Wildman–Crippen LogP) is 7.40. The van der Waals surface area contributed by atoms with Gasteiger partial charge in [-0.2, -0.15) is 0 Å². The van der Waals surface area contributed by atoms with Gasteiger partial charge in [0, 0.05) is 12.4 Å². The summed E-state index contributed by atoms with van der Waals surface area (Å²) in [6.07, 6.45) is 9.88. The highest BCUT2D eigenvalue weighted by Crippen LogP contribution is 2.33. The van der Waals surface area contributed by atoms with Crippen LogP contribution in [0, 0.1) is 5.92 Å². The highest BCUT2D eigenvalue weighted by Gasteiger charge is 2.17. The highest BCUT2D eigenvalue weighted by atomic mass is 14.7. The lowest BCUT2D eigenvalue weighted by Crippen LogP contribution is -2.07. The Kier molecular flexibility index (Phi) is 9.37. The fourth-order valence-electron chi connectivity index (χ4n) is 3.46. The zero-order valence-corrected chi connectivity index (χ0v) is 16.3. The lowest BCUT2D eigenvalue weighted by molar-refractivity contribution is 0.481. The van der Waals surface area contributed by atoms with Gasteiger partial charge in [0.25, 0.3) is 0 Å². The number of rotatable bonds is 10. The first-order valence-electron chi connectivity index (χ1n) is 9.46. The van der Waals surface area contributed by atoms with Gasteiger partial charge in [-0.25, -0.2) is 0 Å². The smallest absolute Gasteiger partial charge is 0.0299 e. The van der Waals surface area contributed by atoms with Crippen molar-refractivity contribution >= 4 is 11.8 Å². The molecular weight excluding hydrogens is 290 g/mol. The lowest BCUT2D eigenvalue weighted by atomic mass is 9.82. The maximum Gasteiger partial charge on any atom is 0.0299 e. The molecule has 132 valence electrons. The summed E-state index contributed by atoms with van der Waals surface area (Å²) in [5, 5.41) is 0. The second-order valence-electron chi connectivity index (χ2n) is 6.84. The highest BCUT2D eigenvalue weighted by molar-refractivity contribution is 5.68. The molecule has 0 bridgehead atoms. The molecule has 0 heterocycles. The average Bonchev–Trinajstić information content (AvgIpc) is 2.59. The molecule has 0 amide bonds. The van der Waals surface area contributed by atoms with Gasteiger partial charge in [-0.15, -0.1) is 0 Å². The molecule has 0 aliphatic carbocycles. The number of nitrogens with zero attached hydrogens (tertiary/aromatic N) is 1. The van der Waals surface area contributed by atoms with Crippen molar-refractivity contribution in [3.05, 3.63) is 53.7 Å². The van der Waals surface area contributed by atoms with Gasteiger partial charge in [-0.1, -0.05) is 70.0 Å². The Morgan fingerprint density at radius 3 is 2.38 bits per heavy atom. The molecular formula is C23H35N. The molecule has 1 nitrogen and oxygen atoms in total. The number of allylic oxidation sites excluding steroid dienone is 2. The van der Waals surface area contributed by atoms with Crippen molar-refractivity contribution in [3.63, 3.8) is 0 Å². The molecule has 0 aliphatic heterocycles. The molecule has 1 unspecified atom stereocenters. The zero-order valence-electron chi connectivity index (χ0n) is 16.3. The Labute approximate surface area is 149 Å². The molecule has 24 heavy (non-hydrogen) atoms. The van der Waals surface area contributed by atoms with Gasteiger partial charge in [-0.05, 0) is 61.6 Å². The SMILES string of the molecule is C=C(CC(C)c1ccccc1/C(C)=C/N=C\C)C(CCC)CCC. The van der Waals surface area contributed by atoms with Crippen LogP contribution in [0.3, 0.4) is 0 Å². The van der Waals surface area contributed by atoms with E-state index >= 15 is 0 Å². The Balaban J connectivity index is 2.95. The summed E-state index contributed by atoms with van der Waals surface area (Å²) in [5.74, 6) is 1.16. The average molecular weight is 326 g/mol. The molecule has 0 fully saturated rings. The second-order valence-corrected chi connectivity index (χ2v) is 6.84. The Morgan fingerprint density at radius 1 is 1.17 bits per heavy atom. The first-order chi connectivity index (χ1) is 11.5. The van der Waals surface area contributed by atoms with Crippen LogP contribution in [0.2, 0.25) is 0 Å². The van der Waals surface area contributed by atoms with Crippen LogP contribution in [0.1, 0.15) is 83.8 Å². The second kappa shape index (κ2) is 11.0. The number of aliphatic imine (C=N–C) groups is 1. The van der Waals surface area contributed by atoms with Crippen molar-refractivity contribution in [2.45, 2.75) is 72.6 Å². The van der Waals surface area contributed by atoms with Crippen molar-refractivity contribution in [1.82, 2.24) is 0 Å². The third-order valence-corrected chi connectivity index (χ3v) is 4.75. The van der Waals surface area contributed by atoms with Crippen molar-refractivity contribution < 1.29 is 0 Å². The first-order valence-corrected chi connectivity index (χ1v) is 9.46. The summed E-state index contributed by atoms with van der Waals surface area (Å²) >= 11 is 0. The van der Waals surface area contributed by atoms with Crippen molar-refractivity contribution in [3.8, 4) is 0 Å². The number of hydrogen-bond donors (Lipinski definition) is 0. The van der Waals surface area contributed by atoms with E-state index in [1.54, 1.807) is 0 Å². The van der Waals surface area contributed by atoms with Gasteiger partial charge in [-0.3, -0.25) is 4.99 Å². The van der Waals surface area contributed by atoms with Gasteiger partial charge in [0.15, 0.2) is 0 Å². The minimum atomic E-state index is 0.485. The van der Waals surface area contributed by atoms with E-state index in [0.29, 0.717) is 11.8 Å². The largest absolute Gasteiger partial charge is 0.269 e. The number of hydrogen-bond acceptors (Lipinski definition) is 1. The molecule has 0 saturated heterocycles. The molecule has 0 spiro atoms. The third-order valence-electron chi connectivity index (χ3n) is 4.75. The maximum atomic E-state index is 4.44. The van der Waals surface area contributed by atoms with E-state index in [-0.39, 0.29) is 0 Å². The van der Waals surface area contributed by atoms with Gasteiger partial charge in [0.2, 0.25) is 0 Å². The molecule has 0 aromatic heterocycles. The lowest BCUT2D eigenvalue weighted by Gasteiger charge is -2.23. The summed E-state index contributed by atoms with van der Waals surface area (Å²) in [5.41, 5.74) is 5.37. The van der Waals surface area contributed by atoms with Crippen LogP contribution in [0.5, 0.6) is 0 Å². The maximum absolute atomic E-state index is 4.44. The van der Waals surface area contributed by atoms with Crippen LogP contribution in [0.4, 0.5) is 0 Å². The summed E-state index contributed by atoms with van der Waals surface area (Å²) < 4.78 is 0. The Bertz CT molecular complexity index is 559. The summed E-state index contributed by atoms with van der Waals surface area (Å²) in [4.78, 5) is 4.28. The van der Waals surface area contributed by atoms with E-state index in [0.717, 1.165) is 6.42 Å². The quantitative estimate of drug-likeness (QED) is 0.314. The molecule has 0 radical (unpaired) electrons. The predicted molar refractivity (Wildman–Crippen MR) is 110 cm³/mol. The van der Waals surface area contributed by atoms with E-state index in [2.05, 4.69) is 63.5 Å². The van der Waals surface area contributed by atoms with Gasteiger partial charge >= 0.3 is 0 Å². The molecule has 1 rings (SSSR count). The summed E-state index contributed by atoms with van der Waals surface area (Å²) in [7, 11) is 0. The van der Waals surface area contributed by atoms with E-state index < -0.39 is 0 Å². The molecule has 0 N–H and O–H groups in total. The first kappa shape index (κ1) is 20.4. The van der Waals surface area contributed by atoms with Gasteiger partial charge in [0.1, 0.15) is 0 Å². The van der Waals surface area contributed by atoms with Crippen LogP contribution in [-0.4, -0.2) is 6.21 Å². The van der Waals surface area contributed by atoms with Crippen LogP contribution >= 0.6 is 0 Å². The van der Waals surface area contributed by atoms with Crippen molar-refractivity contribution in [1.29, 1.82) is 0 Å². The number of benzene rings is 1. The molecule has 1 atom stereocenters. The monoisotopic (exact) mass is 325 g/mol. The normalized spacial score (nSPS) is 13.7.